The van der Waals surface area contributed by atoms with E-state index in [4.69, 9.17) is 5.73 Å². The summed E-state index contributed by atoms with van der Waals surface area (Å²) >= 11 is 0. The molecule has 78 valence electrons. The highest BCUT2D eigenvalue weighted by Crippen LogP contribution is 2.26. The van der Waals surface area contributed by atoms with Crippen molar-refractivity contribution in [2.75, 3.05) is 6.54 Å². The molecule has 1 atom stereocenters. The number of rotatable bonds is 2. The van der Waals surface area contributed by atoms with Crippen LogP contribution in [0.3, 0.4) is 0 Å². The first-order chi connectivity index (χ1) is 6.72. The van der Waals surface area contributed by atoms with Gasteiger partial charge in [-0.25, -0.2) is 0 Å². The topological polar surface area (TPSA) is 43.8 Å². The highest BCUT2D eigenvalue weighted by Gasteiger charge is 2.22. The minimum Gasteiger partial charge on any atom is -0.330 e. The van der Waals surface area contributed by atoms with Crippen LogP contribution < -0.4 is 5.73 Å². The fraction of sp³-hybridized carbons (Fsp3) is 0.727. The third-order valence-corrected chi connectivity index (χ3v) is 3.11. The van der Waals surface area contributed by atoms with Crippen LogP contribution in [0, 0.1) is 5.92 Å². The van der Waals surface area contributed by atoms with Crippen molar-refractivity contribution in [2.45, 2.75) is 39.2 Å². The molecule has 0 saturated heterocycles. The Morgan fingerprint density at radius 2 is 2.43 bits per heavy atom. The Morgan fingerprint density at radius 1 is 1.64 bits per heavy atom. The van der Waals surface area contributed by atoms with E-state index in [1.807, 2.05) is 6.20 Å². The number of aryl methyl sites for hydroxylation is 1. The second kappa shape index (κ2) is 3.73. The number of nitrogens with zero attached hydrogens (tertiary/aromatic N) is 2. The number of nitrogens with two attached hydrogens (primary N) is 1. The zero-order valence-electron chi connectivity index (χ0n) is 9.03. The number of fused-ring (bicyclic) bond motifs is 1. The first kappa shape index (κ1) is 9.71. The van der Waals surface area contributed by atoms with Gasteiger partial charge < -0.3 is 5.73 Å². The van der Waals surface area contributed by atoms with Crippen molar-refractivity contribution in [2.24, 2.45) is 11.7 Å². The maximum absolute atomic E-state index is 5.73. The summed E-state index contributed by atoms with van der Waals surface area (Å²) in [6, 6.07) is 0.468. The van der Waals surface area contributed by atoms with Crippen molar-refractivity contribution in [3.63, 3.8) is 0 Å². The average molecular weight is 193 g/mol. The number of aromatic nitrogens is 2. The molecule has 0 spiro atoms. The van der Waals surface area contributed by atoms with Gasteiger partial charge in [-0.05, 0) is 51.1 Å². The summed E-state index contributed by atoms with van der Waals surface area (Å²) in [6.45, 7) is 5.17. The van der Waals surface area contributed by atoms with Gasteiger partial charge in [-0.2, -0.15) is 5.10 Å². The molecule has 0 aliphatic heterocycles. The predicted octanol–water partition coefficient (Wildman–Crippen LogP) is 1.53. The SMILES string of the molecule is CC(C)n1ncc2c1CC(CN)CC2. The zero-order valence-corrected chi connectivity index (χ0v) is 9.03. The summed E-state index contributed by atoms with van der Waals surface area (Å²) in [5.41, 5.74) is 8.58. The third-order valence-electron chi connectivity index (χ3n) is 3.11. The molecule has 1 aliphatic rings. The predicted molar refractivity (Wildman–Crippen MR) is 57.2 cm³/mol. The second-order valence-corrected chi connectivity index (χ2v) is 4.50. The molecule has 3 nitrogen and oxygen atoms in total. The van der Waals surface area contributed by atoms with Gasteiger partial charge in [0.1, 0.15) is 0 Å². The van der Waals surface area contributed by atoms with E-state index in [0.717, 1.165) is 19.4 Å². The molecular weight excluding hydrogens is 174 g/mol. The molecule has 1 heterocycles. The maximum Gasteiger partial charge on any atom is 0.0524 e. The van der Waals surface area contributed by atoms with Crippen LogP contribution in [-0.4, -0.2) is 16.3 Å². The molecule has 3 heteroatoms. The molecular formula is C11H19N3. The van der Waals surface area contributed by atoms with Crippen LogP contribution in [-0.2, 0) is 12.8 Å². The minimum absolute atomic E-state index is 0.468. The van der Waals surface area contributed by atoms with Gasteiger partial charge in [0.05, 0.1) is 6.20 Å². The lowest BCUT2D eigenvalue weighted by atomic mass is 9.88. The molecule has 0 radical (unpaired) electrons. The Balaban J connectivity index is 2.28. The Hall–Kier alpha value is -0.830. The molecule has 0 aromatic carbocycles. The standard InChI is InChI=1S/C11H19N3/c1-8(2)14-11-5-9(6-12)3-4-10(11)7-13-14/h7-9H,3-6,12H2,1-2H3. The van der Waals surface area contributed by atoms with Crippen molar-refractivity contribution in [1.29, 1.82) is 0 Å². The van der Waals surface area contributed by atoms with Crippen LogP contribution in [0.1, 0.15) is 37.6 Å². The average Bonchev–Trinajstić information content (AvgIpc) is 2.59. The monoisotopic (exact) mass is 193 g/mol. The van der Waals surface area contributed by atoms with E-state index in [-0.39, 0.29) is 0 Å². The van der Waals surface area contributed by atoms with Gasteiger partial charge in [-0.1, -0.05) is 0 Å². The molecule has 14 heavy (non-hydrogen) atoms. The van der Waals surface area contributed by atoms with Crippen molar-refractivity contribution in [1.82, 2.24) is 9.78 Å². The van der Waals surface area contributed by atoms with Crippen LogP contribution in [0.15, 0.2) is 6.20 Å². The Bertz CT molecular complexity index is 314. The highest BCUT2D eigenvalue weighted by atomic mass is 15.3. The number of hydrogen-bond acceptors (Lipinski definition) is 2. The Morgan fingerprint density at radius 3 is 3.07 bits per heavy atom. The van der Waals surface area contributed by atoms with Crippen LogP contribution >= 0.6 is 0 Å². The first-order valence-electron chi connectivity index (χ1n) is 5.47. The van der Waals surface area contributed by atoms with E-state index in [0.29, 0.717) is 12.0 Å². The Kier molecular flexibility index (Phi) is 2.59. The van der Waals surface area contributed by atoms with Crippen molar-refractivity contribution >= 4 is 0 Å². The summed E-state index contributed by atoms with van der Waals surface area (Å²) in [7, 11) is 0. The molecule has 1 aliphatic carbocycles. The summed E-state index contributed by atoms with van der Waals surface area (Å²) in [5.74, 6) is 0.664. The molecule has 0 amide bonds. The van der Waals surface area contributed by atoms with E-state index in [2.05, 4.69) is 23.6 Å². The van der Waals surface area contributed by atoms with Crippen LogP contribution in [0.25, 0.3) is 0 Å². The van der Waals surface area contributed by atoms with Crippen LogP contribution in [0.5, 0.6) is 0 Å². The van der Waals surface area contributed by atoms with E-state index in [9.17, 15) is 0 Å². The lowest BCUT2D eigenvalue weighted by molar-refractivity contribution is 0.426. The molecule has 0 saturated carbocycles. The lowest BCUT2D eigenvalue weighted by Crippen LogP contribution is -2.24. The van der Waals surface area contributed by atoms with E-state index in [1.165, 1.54) is 17.7 Å². The van der Waals surface area contributed by atoms with Gasteiger partial charge in [-0.3, -0.25) is 4.68 Å². The van der Waals surface area contributed by atoms with Gasteiger partial charge in [0.2, 0.25) is 0 Å². The fourth-order valence-corrected chi connectivity index (χ4v) is 2.24. The van der Waals surface area contributed by atoms with Crippen molar-refractivity contribution < 1.29 is 0 Å². The van der Waals surface area contributed by atoms with Gasteiger partial charge in [-0.15, -0.1) is 0 Å². The fourth-order valence-electron chi connectivity index (χ4n) is 2.24. The zero-order chi connectivity index (χ0) is 10.1. The summed E-state index contributed by atoms with van der Waals surface area (Å²) < 4.78 is 2.15. The third kappa shape index (κ3) is 1.57. The van der Waals surface area contributed by atoms with Crippen molar-refractivity contribution in [3.8, 4) is 0 Å². The summed E-state index contributed by atoms with van der Waals surface area (Å²) in [4.78, 5) is 0. The molecule has 0 bridgehead atoms. The smallest absolute Gasteiger partial charge is 0.0524 e. The summed E-state index contributed by atoms with van der Waals surface area (Å²) in [6.07, 6.45) is 5.53. The summed E-state index contributed by atoms with van der Waals surface area (Å²) in [5, 5.41) is 4.44. The molecule has 1 aromatic heterocycles. The normalized spacial score (nSPS) is 21.3. The van der Waals surface area contributed by atoms with Crippen LogP contribution in [0.4, 0.5) is 0 Å². The van der Waals surface area contributed by atoms with E-state index >= 15 is 0 Å². The molecule has 2 N–H and O–H groups in total. The minimum atomic E-state index is 0.468. The molecule has 1 aromatic rings. The lowest BCUT2D eigenvalue weighted by Gasteiger charge is -2.22. The van der Waals surface area contributed by atoms with Gasteiger partial charge in [0, 0.05) is 11.7 Å². The Labute approximate surface area is 85.3 Å². The van der Waals surface area contributed by atoms with Crippen LogP contribution in [0.2, 0.25) is 0 Å². The quantitative estimate of drug-likeness (QED) is 0.774. The molecule has 1 unspecified atom stereocenters. The second-order valence-electron chi connectivity index (χ2n) is 4.50. The highest BCUT2D eigenvalue weighted by molar-refractivity contribution is 5.22. The maximum atomic E-state index is 5.73. The van der Waals surface area contributed by atoms with Gasteiger partial charge in [0.25, 0.3) is 0 Å². The largest absolute Gasteiger partial charge is 0.330 e. The first-order valence-corrected chi connectivity index (χ1v) is 5.47. The molecule has 2 rings (SSSR count). The number of hydrogen-bond donors (Lipinski definition) is 1. The van der Waals surface area contributed by atoms with Gasteiger partial charge in [0.15, 0.2) is 0 Å². The van der Waals surface area contributed by atoms with E-state index in [1.54, 1.807) is 0 Å². The van der Waals surface area contributed by atoms with Gasteiger partial charge >= 0.3 is 0 Å². The van der Waals surface area contributed by atoms with Crippen molar-refractivity contribution in [3.05, 3.63) is 17.5 Å². The molecule has 0 fully saturated rings. The van der Waals surface area contributed by atoms with E-state index < -0.39 is 0 Å².